The van der Waals surface area contributed by atoms with Crippen molar-refractivity contribution in [3.63, 3.8) is 0 Å². The first kappa shape index (κ1) is 26.1. The highest BCUT2D eigenvalue weighted by Crippen LogP contribution is 2.46. The predicted octanol–water partition coefficient (Wildman–Crippen LogP) is 11.2. The van der Waals surface area contributed by atoms with Crippen molar-refractivity contribution in [1.82, 2.24) is 9.97 Å². The minimum absolute atomic E-state index is 1.04. The molecule has 0 aliphatic carbocycles. The van der Waals surface area contributed by atoms with Gasteiger partial charge in [0.1, 0.15) is 0 Å². The third-order valence-corrected chi connectivity index (χ3v) is 8.80. The molecule has 0 spiro atoms. The van der Waals surface area contributed by atoms with Crippen LogP contribution in [-0.2, 0) is 0 Å². The third-order valence-electron chi connectivity index (χ3n) is 8.80. The number of aromatic nitrogens is 2. The molecule has 0 saturated carbocycles. The molecule has 0 saturated heterocycles. The molecule has 0 bridgehead atoms. The lowest BCUT2D eigenvalue weighted by molar-refractivity contribution is 1.21. The summed E-state index contributed by atoms with van der Waals surface area (Å²) in [6.07, 6.45) is 5.70. The highest BCUT2D eigenvalue weighted by molar-refractivity contribution is 6.24. The minimum atomic E-state index is 1.04. The molecule has 0 N–H and O–H groups in total. The van der Waals surface area contributed by atoms with Crippen molar-refractivity contribution in [1.29, 1.82) is 0 Å². The second-order valence-electron chi connectivity index (χ2n) is 11.5. The molecular formula is C42H30N2. The van der Waals surface area contributed by atoms with Crippen molar-refractivity contribution in [2.75, 3.05) is 0 Å². The van der Waals surface area contributed by atoms with Gasteiger partial charge in [-0.2, -0.15) is 0 Å². The topological polar surface area (TPSA) is 25.8 Å². The normalized spacial score (nSPS) is 11.4. The van der Waals surface area contributed by atoms with E-state index >= 15 is 0 Å². The molecule has 2 aromatic heterocycles. The molecule has 0 aliphatic heterocycles. The molecule has 0 unspecified atom stereocenters. The van der Waals surface area contributed by atoms with E-state index in [1.165, 1.54) is 71.3 Å². The van der Waals surface area contributed by atoms with Gasteiger partial charge in [0.05, 0.1) is 0 Å². The van der Waals surface area contributed by atoms with E-state index in [2.05, 4.69) is 145 Å². The second-order valence-corrected chi connectivity index (χ2v) is 11.5. The van der Waals surface area contributed by atoms with E-state index in [0.29, 0.717) is 0 Å². The number of nitrogens with zero attached hydrogens (tertiary/aromatic N) is 2. The lowest BCUT2D eigenvalue weighted by atomic mass is 9.83. The number of rotatable bonds is 4. The summed E-state index contributed by atoms with van der Waals surface area (Å²) in [6.45, 7) is 4.17. The summed E-state index contributed by atoms with van der Waals surface area (Å²) in [5.74, 6) is 0. The Morgan fingerprint density at radius 1 is 0.409 bits per heavy atom. The van der Waals surface area contributed by atoms with Gasteiger partial charge in [-0.15, -0.1) is 0 Å². The van der Waals surface area contributed by atoms with Crippen LogP contribution in [0.4, 0.5) is 0 Å². The average Bonchev–Trinajstić information content (AvgIpc) is 3.07. The van der Waals surface area contributed by atoms with Gasteiger partial charge >= 0.3 is 0 Å². The van der Waals surface area contributed by atoms with Crippen molar-refractivity contribution >= 4 is 32.3 Å². The van der Waals surface area contributed by atoms with Gasteiger partial charge in [-0.05, 0) is 97.2 Å². The Morgan fingerprint density at radius 3 is 1.57 bits per heavy atom. The average molecular weight is 563 g/mol. The molecule has 2 heterocycles. The van der Waals surface area contributed by atoms with Crippen molar-refractivity contribution in [3.8, 4) is 44.5 Å². The van der Waals surface area contributed by atoms with Crippen LogP contribution in [0.1, 0.15) is 11.3 Å². The summed E-state index contributed by atoms with van der Waals surface area (Å²) in [7, 11) is 0. The molecule has 8 aromatic rings. The Kier molecular flexibility index (Phi) is 6.27. The summed E-state index contributed by atoms with van der Waals surface area (Å²) in [5, 5.41) is 7.49. The van der Waals surface area contributed by atoms with Gasteiger partial charge in [-0.3, -0.25) is 9.97 Å². The zero-order chi connectivity index (χ0) is 29.6. The molecule has 2 nitrogen and oxygen atoms in total. The first-order chi connectivity index (χ1) is 21.7. The van der Waals surface area contributed by atoms with Crippen LogP contribution in [0.3, 0.4) is 0 Å². The molecule has 0 atom stereocenters. The van der Waals surface area contributed by atoms with Gasteiger partial charge in [-0.25, -0.2) is 0 Å². The summed E-state index contributed by atoms with van der Waals surface area (Å²) >= 11 is 0. The Bertz CT molecular complexity index is 2290. The Morgan fingerprint density at radius 2 is 0.955 bits per heavy atom. The molecule has 8 rings (SSSR count). The zero-order valence-corrected chi connectivity index (χ0v) is 24.8. The lowest BCUT2D eigenvalue weighted by Gasteiger charge is -2.20. The highest BCUT2D eigenvalue weighted by Gasteiger charge is 2.19. The van der Waals surface area contributed by atoms with Crippen LogP contribution in [0.25, 0.3) is 76.8 Å². The van der Waals surface area contributed by atoms with Crippen LogP contribution in [0.15, 0.2) is 146 Å². The number of pyridine rings is 2. The molecule has 44 heavy (non-hydrogen) atoms. The van der Waals surface area contributed by atoms with Crippen LogP contribution < -0.4 is 0 Å². The maximum Gasteiger partial charge on any atom is 0.0451 e. The smallest absolute Gasteiger partial charge is 0.0451 e. The third kappa shape index (κ3) is 4.27. The monoisotopic (exact) mass is 562 g/mol. The SMILES string of the molecule is Cc1cncc(-c2ccc(-c3c4ccccc4c(-c4ccc(-c5cccnc5C)c5ccccc45)c4ccccc34)cc2)c1. The first-order valence-electron chi connectivity index (χ1n) is 15.1. The van der Waals surface area contributed by atoms with Gasteiger partial charge < -0.3 is 0 Å². The molecule has 0 radical (unpaired) electrons. The highest BCUT2D eigenvalue weighted by atomic mass is 14.7. The fourth-order valence-corrected chi connectivity index (χ4v) is 6.79. The van der Waals surface area contributed by atoms with Gasteiger partial charge in [0.2, 0.25) is 0 Å². The number of benzene rings is 6. The van der Waals surface area contributed by atoms with E-state index in [4.69, 9.17) is 0 Å². The van der Waals surface area contributed by atoms with Crippen molar-refractivity contribution in [2.24, 2.45) is 0 Å². The quantitative estimate of drug-likeness (QED) is 0.199. The van der Waals surface area contributed by atoms with E-state index < -0.39 is 0 Å². The Hall–Kier alpha value is -5.60. The number of hydrogen-bond acceptors (Lipinski definition) is 2. The largest absolute Gasteiger partial charge is 0.264 e. The van der Waals surface area contributed by atoms with Crippen LogP contribution in [0, 0.1) is 13.8 Å². The van der Waals surface area contributed by atoms with Crippen LogP contribution in [0.5, 0.6) is 0 Å². The van der Waals surface area contributed by atoms with Gasteiger partial charge in [0.25, 0.3) is 0 Å². The number of hydrogen-bond donors (Lipinski definition) is 0. The molecule has 0 aliphatic rings. The summed E-state index contributed by atoms with van der Waals surface area (Å²) in [6, 6.07) is 46.4. The van der Waals surface area contributed by atoms with E-state index in [1.54, 1.807) is 0 Å². The van der Waals surface area contributed by atoms with Gasteiger partial charge in [0.15, 0.2) is 0 Å². The van der Waals surface area contributed by atoms with Crippen LogP contribution in [0.2, 0.25) is 0 Å². The van der Waals surface area contributed by atoms with E-state index in [0.717, 1.165) is 16.8 Å². The number of fused-ring (bicyclic) bond motifs is 3. The maximum atomic E-state index is 4.59. The van der Waals surface area contributed by atoms with Crippen LogP contribution in [-0.4, -0.2) is 9.97 Å². The van der Waals surface area contributed by atoms with Gasteiger partial charge in [0, 0.05) is 35.4 Å². The molecule has 6 aromatic carbocycles. The number of aryl methyl sites for hydroxylation is 2. The zero-order valence-electron chi connectivity index (χ0n) is 24.8. The molecule has 0 amide bonds. The summed E-state index contributed by atoms with van der Waals surface area (Å²) in [5.41, 5.74) is 11.9. The molecule has 208 valence electrons. The minimum Gasteiger partial charge on any atom is -0.264 e. The summed E-state index contributed by atoms with van der Waals surface area (Å²) in [4.78, 5) is 8.99. The second kappa shape index (κ2) is 10.6. The fraction of sp³-hybridized carbons (Fsp3) is 0.0476. The predicted molar refractivity (Wildman–Crippen MR) is 186 cm³/mol. The van der Waals surface area contributed by atoms with Crippen molar-refractivity contribution in [2.45, 2.75) is 13.8 Å². The van der Waals surface area contributed by atoms with Gasteiger partial charge in [-0.1, -0.05) is 115 Å². The van der Waals surface area contributed by atoms with Crippen LogP contribution >= 0.6 is 0 Å². The maximum absolute atomic E-state index is 4.59. The lowest BCUT2D eigenvalue weighted by Crippen LogP contribution is -1.93. The first-order valence-corrected chi connectivity index (χ1v) is 15.1. The fourth-order valence-electron chi connectivity index (χ4n) is 6.79. The summed E-state index contributed by atoms with van der Waals surface area (Å²) < 4.78 is 0. The van der Waals surface area contributed by atoms with E-state index in [1.807, 2.05) is 24.7 Å². The Labute approximate surface area is 257 Å². The van der Waals surface area contributed by atoms with Crippen molar-refractivity contribution in [3.05, 3.63) is 157 Å². The standard InChI is InChI=1S/C42H30N2/c1-27-24-31(26-43-25-27)29-17-19-30(20-18-29)41-36-12-5-7-14-38(36)42(39-15-8-6-13-37(39)41)40-22-21-35(32-16-9-23-44-28(32)2)33-10-3-4-11-34(33)40/h3-26H,1-2H3. The Balaban J connectivity index is 1.39. The molecule has 0 fully saturated rings. The van der Waals surface area contributed by atoms with Crippen molar-refractivity contribution < 1.29 is 0 Å². The van der Waals surface area contributed by atoms with E-state index in [-0.39, 0.29) is 0 Å². The molecule has 2 heteroatoms. The van der Waals surface area contributed by atoms with E-state index in [9.17, 15) is 0 Å². The molecular weight excluding hydrogens is 532 g/mol.